The molecule has 1 heteroatoms. The van der Waals surface area contributed by atoms with Crippen molar-refractivity contribution in [1.29, 1.82) is 0 Å². The predicted molar refractivity (Wildman–Crippen MR) is 277 cm³/mol. The molecule has 5 aromatic rings. The Hall–Kier alpha value is -3.84. The Kier molecular flexibility index (Phi) is 11.2. The van der Waals surface area contributed by atoms with Crippen LogP contribution in [0.5, 0.6) is 0 Å². The number of aryl methyl sites for hydroxylation is 4. The molecule has 63 heavy (non-hydrogen) atoms. The fraction of sp³-hybridized carbons (Fsp3) is 0.516. The number of fused-ring (bicyclic) bond motifs is 4. The Morgan fingerprint density at radius 3 is 1.67 bits per heavy atom. The zero-order valence-corrected chi connectivity index (χ0v) is 43.0. The Bertz CT molecular complexity index is 2590. The van der Waals surface area contributed by atoms with Gasteiger partial charge in [-0.3, -0.25) is 0 Å². The largest absolute Gasteiger partial charge is 0.242 e. The molecule has 1 aliphatic heterocycles. The van der Waals surface area contributed by atoms with Crippen LogP contribution < -0.4 is 16.4 Å². The van der Waals surface area contributed by atoms with E-state index in [1.54, 1.807) is 38.8 Å². The van der Waals surface area contributed by atoms with Crippen LogP contribution in [0.2, 0.25) is 0 Å². The van der Waals surface area contributed by atoms with E-state index in [1.807, 2.05) is 0 Å². The normalized spacial score (nSPS) is 20.0. The van der Waals surface area contributed by atoms with Gasteiger partial charge in [-0.1, -0.05) is 210 Å². The molecule has 332 valence electrons. The van der Waals surface area contributed by atoms with Gasteiger partial charge in [0.1, 0.15) is 0 Å². The predicted octanol–water partition coefficient (Wildman–Crippen LogP) is 14.7. The van der Waals surface area contributed by atoms with Crippen molar-refractivity contribution in [2.45, 2.75) is 207 Å². The summed E-state index contributed by atoms with van der Waals surface area (Å²) in [6.07, 6.45) is 7.04. The van der Waals surface area contributed by atoms with Gasteiger partial charge in [0.05, 0.1) is 0 Å². The molecule has 2 unspecified atom stereocenters. The monoisotopic (exact) mass is 837 g/mol. The lowest BCUT2D eigenvalue weighted by molar-refractivity contribution is 0.331. The topological polar surface area (TPSA) is 0 Å². The molecule has 2 atom stereocenters. The molecular formula is C62H81B. The van der Waals surface area contributed by atoms with E-state index in [0.717, 1.165) is 12.8 Å². The van der Waals surface area contributed by atoms with Gasteiger partial charge in [0.15, 0.2) is 0 Å². The molecule has 1 heterocycles. The summed E-state index contributed by atoms with van der Waals surface area (Å²) in [5.74, 6) is 0.550. The van der Waals surface area contributed by atoms with Crippen molar-refractivity contribution < 1.29 is 0 Å². The lowest BCUT2D eigenvalue weighted by Crippen LogP contribution is -2.60. The molecule has 0 nitrogen and oxygen atoms in total. The molecule has 0 N–H and O–H groups in total. The van der Waals surface area contributed by atoms with Crippen LogP contribution in [0.3, 0.4) is 0 Å². The summed E-state index contributed by atoms with van der Waals surface area (Å²) < 4.78 is 0. The maximum Gasteiger partial charge on any atom is 0.242 e. The smallest absolute Gasteiger partial charge is 0.0664 e. The second kappa shape index (κ2) is 15.4. The Morgan fingerprint density at radius 1 is 0.540 bits per heavy atom. The first-order valence-corrected chi connectivity index (χ1v) is 24.8. The molecule has 8 rings (SSSR count). The van der Waals surface area contributed by atoms with Gasteiger partial charge in [0.25, 0.3) is 0 Å². The summed E-state index contributed by atoms with van der Waals surface area (Å²) in [7, 11) is 0. The average Bonchev–Trinajstić information content (AvgIpc) is 3.19. The second-order valence-electron chi connectivity index (χ2n) is 25.7. The molecule has 0 amide bonds. The highest BCUT2D eigenvalue weighted by atomic mass is 14.4. The van der Waals surface area contributed by atoms with Gasteiger partial charge < -0.3 is 0 Å². The first-order valence-electron chi connectivity index (χ1n) is 24.8. The highest BCUT2D eigenvalue weighted by molar-refractivity contribution is 6.97. The molecule has 0 spiro atoms. The molecule has 0 saturated carbocycles. The van der Waals surface area contributed by atoms with Crippen molar-refractivity contribution in [3.63, 3.8) is 0 Å². The molecule has 0 fully saturated rings. The van der Waals surface area contributed by atoms with Crippen molar-refractivity contribution in [3.8, 4) is 0 Å². The number of hydrogen-bond acceptors (Lipinski definition) is 0. The third kappa shape index (κ3) is 8.14. The minimum atomic E-state index is 0.0488. The van der Waals surface area contributed by atoms with Crippen LogP contribution in [0.1, 0.15) is 226 Å². The minimum Gasteiger partial charge on any atom is -0.0664 e. The fourth-order valence-electron chi connectivity index (χ4n) is 12.3. The van der Waals surface area contributed by atoms with Crippen molar-refractivity contribution in [3.05, 3.63) is 157 Å². The number of rotatable bonds is 6. The van der Waals surface area contributed by atoms with Gasteiger partial charge in [0, 0.05) is 11.8 Å². The van der Waals surface area contributed by atoms with E-state index < -0.39 is 0 Å². The minimum absolute atomic E-state index is 0.0488. The van der Waals surface area contributed by atoms with Crippen LogP contribution in [-0.4, -0.2) is 6.71 Å². The molecule has 0 bridgehead atoms. The van der Waals surface area contributed by atoms with Crippen LogP contribution in [-0.2, 0) is 38.9 Å². The summed E-state index contributed by atoms with van der Waals surface area (Å²) in [6, 6.07) is 33.2. The fourth-order valence-corrected chi connectivity index (χ4v) is 12.3. The quantitative estimate of drug-likeness (QED) is 0.150. The average molecular weight is 837 g/mol. The highest BCUT2D eigenvalue weighted by Gasteiger charge is 2.44. The lowest BCUT2D eigenvalue weighted by Gasteiger charge is -2.44. The van der Waals surface area contributed by atoms with Gasteiger partial charge >= 0.3 is 0 Å². The van der Waals surface area contributed by atoms with Crippen LogP contribution in [0.15, 0.2) is 78.9 Å². The third-order valence-corrected chi connectivity index (χ3v) is 17.0. The van der Waals surface area contributed by atoms with E-state index in [-0.39, 0.29) is 45.1 Å². The molecule has 5 aromatic carbocycles. The van der Waals surface area contributed by atoms with Crippen molar-refractivity contribution in [1.82, 2.24) is 0 Å². The van der Waals surface area contributed by atoms with Gasteiger partial charge in [-0.25, -0.2) is 0 Å². The third-order valence-electron chi connectivity index (χ3n) is 17.0. The molecule has 0 saturated heterocycles. The van der Waals surface area contributed by atoms with E-state index in [0.29, 0.717) is 5.92 Å². The van der Waals surface area contributed by atoms with E-state index in [1.165, 1.54) is 81.1 Å². The Morgan fingerprint density at radius 2 is 1.08 bits per heavy atom. The zero-order chi connectivity index (χ0) is 46.0. The van der Waals surface area contributed by atoms with Crippen LogP contribution in [0.4, 0.5) is 0 Å². The van der Waals surface area contributed by atoms with Crippen LogP contribution in [0.25, 0.3) is 0 Å². The summed E-state index contributed by atoms with van der Waals surface area (Å²) >= 11 is 0. The first kappa shape index (κ1) is 45.7. The number of hydrogen-bond donors (Lipinski definition) is 0. The summed E-state index contributed by atoms with van der Waals surface area (Å²) in [5.41, 5.74) is 26.2. The summed E-state index contributed by atoms with van der Waals surface area (Å²) in [4.78, 5) is 0. The summed E-state index contributed by atoms with van der Waals surface area (Å²) in [6.45, 7) is 43.8. The summed E-state index contributed by atoms with van der Waals surface area (Å²) in [5, 5.41) is 0. The van der Waals surface area contributed by atoms with E-state index in [2.05, 4.69) is 203 Å². The van der Waals surface area contributed by atoms with Gasteiger partial charge in [-0.2, -0.15) is 0 Å². The molecular weight excluding hydrogens is 755 g/mol. The van der Waals surface area contributed by atoms with E-state index in [4.69, 9.17) is 0 Å². The highest BCUT2D eigenvalue weighted by Crippen LogP contribution is 2.49. The van der Waals surface area contributed by atoms with Crippen LogP contribution >= 0.6 is 0 Å². The molecule has 3 aliphatic rings. The lowest BCUT2D eigenvalue weighted by atomic mass is 9.30. The standard InChI is InChI=1S/C62H81B/c1-38-31-40(3)56-49(32-38)46(24-20-42-19-22-44(33-39(42)2)57(5,6)7)48-35-45(58(8,9)10)23-26-54(48)63(56)55-37-53-52(61(15,16)29-30-62(53,17)18)36-47(55)41(4)43-21-25-50-51(34-43)60(13,14)28-27-59(50,11)12/h19,21-23,25-26,31-37,41,46H,20,24,27-30H2,1-18H3. The van der Waals surface area contributed by atoms with Gasteiger partial charge in [-0.05, 0) is 159 Å². The molecule has 2 aliphatic carbocycles. The maximum atomic E-state index is 2.75. The Balaban J connectivity index is 1.38. The number of benzene rings is 5. The second-order valence-corrected chi connectivity index (χ2v) is 25.7. The van der Waals surface area contributed by atoms with E-state index >= 15 is 0 Å². The van der Waals surface area contributed by atoms with Crippen molar-refractivity contribution in [2.24, 2.45) is 0 Å². The van der Waals surface area contributed by atoms with Crippen LogP contribution in [0, 0.1) is 20.8 Å². The van der Waals surface area contributed by atoms with Crippen molar-refractivity contribution in [2.75, 3.05) is 0 Å². The first-order chi connectivity index (χ1) is 29.1. The Labute approximate surface area is 385 Å². The maximum absolute atomic E-state index is 2.75. The molecule has 0 aromatic heterocycles. The van der Waals surface area contributed by atoms with Crippen molar-refractivity contribution >= 4 is 23.1 Å². The van der Waals surface area contributed by atoms with E-state index in [9.17, 15) is 0 Å². The zero-order valence-electron chi connectivity index (χ0n) is 43.0. The van der Waals surface area contributed by atoms with Gasteiger partial charge in [0.2, 0.25) is 6.71 Å². The SMILES string of the molecule is Cc1cc(C)c2c(c1)C(CCc1ccc(C(C)(C)C)cc1C)c1cc(C(C)(C)C)ccc1B2c1cc2c(cc1C(C)c1ccc3c(c1)C(C)(C)CCC3(C)C)C(C)(C)CCC2(C)C. The molecule has 0 radical (unpaired) electrons. The van der Waals surface area contributed by atoms with Gasteiger partial charge in [-0.15, -0.1) is 0 Å².